The van der Waals surface area contributed by atoms with Gasteiger partial charge in [-0.1, -0.05) is 11.8 Å². The van der Waals surface area contributed by atoms with Crippen LogP contribution in [-0.2, 0) is 4.79 Å². The number of benzene rings is 2. The minimum atomic E-state index is -3.13. The summed E-state index contributed by atoms with van der Waals surface area (Å²) < 4.78 is 26.4. The lowest BCUT2D eigenvalue weighted by atomic mass is 9.92. The van der Waals surface area contributed by atoms with Crippen molar-refractivity contribution < 1.29 is 23.6 Å². The second kappa shape index (κ2) is 11.1. The van der Waals surface area contributed by atoms with Crippen LogP contribution in [0, 0.1) is 23.7 Å². The summed E-state index contributed by atoms with van der Waals surface area (Å²) in [7, 11) is 3.90. The standard InChI is InChI=1S/C24H24F2N4O3/c1-24(27,23(25)26)20(22(32)29-33)28-21(31)18-12-8-16(9-13-18)6-4-5-7-17-10-14-19(15-11-17)30(2)3/h8-15,20,23,33H,27H2,1-3H3,(H,28,31)(H,29,32)/t20-,24?/m1/s1. The molecule has 2 amide bonds. The highest BCUT2D eigenvalue weighted by Crippen LogP contribution is 2.18. The van der Waals surface area contributed by atoms with Crippen LogP contribution in [0.5, 0.6) is 0 Å². The van der Waals surface area contributed by atoms with Gasteiger partial charge < -0.3 is 16.0 Å². The molecule has 172 valence electrons. The van der Waals surface area contributed by atoms with Gasteiger partial charge in [0.2, 0.25) is 0 Å². The molecule has 7 nitrogen and oxygen atoms in total. The fraction of sp³-hybridized carbons (Fsp3) is 0.250. The van der Waals surface area contributed by atoms with Crippen LogP contribution in [0.25, 0.3) is 0 Å². The Kier molecular flexibility index (Phi) is 8.52. The van der Waals surface area contributed by atoms with E-state index in [0.29, 0.717) is 5.56 Å². The van der Waals surface area contributed by atoms with Crippen LogP contribution in [-0.4, -0.2) is 49.1 Å². The SMILES string of the molecule is CN(C)c1ccc(C#CC#Cc2ccc(C(=O)N[C@H](C(=O)NO)C(C)(N)C(F)F)cc2)cc1. The van der Waals surface area contributed by atoms with Gasteiger partial charge in [0.1, 0.15) is 11.6 Å². The third-order valence-electron chi connectivity index (χ3n) is 4.75. The van der Waals surface area contributed by atoms with Gasteiger partial charge in [-0.15, -0.1) is 0 Å². The molecule has 0 saturated heterocycles. The average Bonchev–Trinajstić information content (AvgIpc) is 2.80. The van der Waals surface area contributed by atoms with Gasteiger partial charge in [-0.2, -0.15) is 0 Å². The third-order valence-corrected chi connectivity index (χ3v) is 4.75. The van der Waals surface area contributed by atoms with Crippen LogP contribution < -0.4 is 21.4 Å². The first kappa shape index (κ1) is 25.3. The summed E-state index contributed by atoms with van der Waals surface area (Å²) in [6.07, 6.45) is -3.13. The summed E-state index contributed by atoms with van der Waals surface area (Å²) in [5.41, 5.74) is 6.87. The first-order valence-electron chi connectivity index (χ1n) is 9.77. The summed E-state index contributed by atoms with van der Waals surface area (Å²) in [6, 6.07) is 11.7. The molecule has 0 saturated carbocycles. The molecule has 0 heterocycles. The van der Waals surface area contributed by atoms with E-state index in [1.807, 2.05) is 43.3 Å². The molecule has 1 unspecified atom stereocenters. The van der Waals surface area contributed by atoms with Crippen LogP contribution in [0.3, 0.4) is 0 Å². The fourth-order valence-corrected chi connectivity index (χ4v) is 2.66. The Balaban J connectivity index is 2.08. The third kappa shape index (κ3) is 6.78. The molecule has 0 bridgehead atoms. The van der Waals surface area contributed by atoms with Gasteiger partial charge in [0, 0.05) is 36.5 Å². The van der Waals surface area contributed by atoms with Gasteiger partial charge in [-0.05, 0) is 67.3 Å². The Morgan fingerprint density at radius 2 is 1.48 bits per heavy atom. The summed E-state index contributed by atoms with van der Waals surface area (Å²) in [4.78, 5) is 26.1. The van der Waals surface area contributed by atoms with Crippen molar-refractivity contribution in [3.63, 3.8) is 0 Å². The maximum absolute atomic E-state index is 13.2. The maximum atomic E-state index is 13.2. The molecule has 0 aliphatic carbocycles. The van der Waals surface area contributed by atoms with Crippen molar-refractivity contribution in [2.24, 2.45) is 5.73 Å². The zero-order valence-electron chi connectivity index (χ0n) is 18.3. The highest BCUT2D eigenvalue weighted by Gasteiger charge is 2.44. The number of alkyl halides is 2. The van der Waals surface area contributed by atoms with Crippen molar-refractivity contribution >= 4 is 17.5 Å². The van der Waals surface area contributed by atoms with Crippen molar-refractivity contribution in [3.05, 3.63) is 65.2 Å². The Hall–Kier alpha value is -3.92. The van der Waals surface area contributed by atoms with Crippen molar-refractivity contribution in [2.75, 3.05) is 19.0 Å². The first-order chi connectivity index (χ1) is 15.6. The highest BCUT2D eigenvalue weighted by atomic mass is 19.3. The zero-order chi connectivity index (χ0) is 24.6. The lowest BCUT2D eigenvalue weighted by Gasteiger charge is -2.32. The largest absolute Gasteiger partial charge is 0.378 e. The molecule has 5 N–H and O–H groups in total. The van der Waals surface area contributed by atoms with Crippen LogP contribution >= 0.6 is 0 Å². The minimum absolute atomic E-state index is 0.0911. The van der Waals surface area contributed by atoms with Crippen LogP contribution in [0.1, 0.15) is 28.4 Å². The molecule has 2 aromatic rings. The molecule has 9 heteroatoms. The predicted octanol–water partition coefficient (Wildman–Crippen LogP) is 1.74. The number of amides is 2. The van der Waals surface area contributed by atoms with Gasteiger partial charge in [0.05, 0.1) is 0 Å². The number of carbonyl (C=O) groups is 2. The molecule has 0 spiro atoms. The summed E-state index contributed by atoms with van der Waals surface area (Å²) >= 11 is 0. The van der Waals surface area contributed by atoms with E-state index in [0.717, 1.165) is 18.2 Å². The monoisotopic (exact) mass is 454 g/mol. The van der Waals surface area contributed by atoms with E-state index in [-0.39, 0.29) is 5.56 Å². The average molecular weight is 454 g/mol. The van der Waals surface area contributed by atoms with Crippen molar-refractivity contribution in [1.82, 2.24) is 10.8 Å². The number of hydrogen-bond donors (Lipinski definition) is 4. The van der Waals surface area contributed by atoms with E-state index in [1.165, 1.54) is 17.6 Å². The minimum Gasteiger partial charge on any atom is -0.378 e. The lowest BCUT2D eigenvalue weighted by molar-refractivity contribution is -0.134. The maximum Gasteiger partial charge on any atom is 0.268 e. The summed E-state index contributed by atoms with van der Waals surface area (Å²) in [5, 5.41) is 10.9. The summed E-state index contributed by atoms with van der Waals surface area (Å²) in [5.74, 6) is 9.17. The number of nitrogens with one attached hydrogen (secondary N) is 2. The van der Waals surface area contributed by atoms with Crippen molar-refractivity contribution in [2.45, 2.75) is 24.9 Å². The number of hydrogen-bond acceptors (Lipinski definition) is 5. The highest BCUT2D eigenvalue weighted by molar-refractivity contribution is 5.98. The van der Waals surface area contributed by atoms with E-state index in [1.54, 1.807) is 12.1 Å². The second-order valence-electron chi connectivity index (χ2n) is 7.57. The Morgan fingerprint density at radius 3 is 1.91 bits per heavy atom. The number of carbonyl (C=O) groups excluding carboxylic acids is 2. The predicted molar refractivity (Wildman–Crippen MR) is 121 cm³/mol. The molecule has 0 aromatic heterocycles. The lowest BCUT2D eigenvalue weighted by Crippen LogP contribution is -2.66. The van der Waals surface area contributed by atoms with Gasteiger partial charge in [-0.3, -0.25) is 14.8 Å². The molecule has 33 heavy (non-hydrogen) atoms. The topological polar surface area (TPSA) is 108 Å². The van der Waals surface area contributed by atoms with Crippen molar-refractivity contribution in [3.8, 4) is 23.7 Å². The van der Waals surface area contributed by atoms with Crippen LogP contribution in [0.2, 0.25) is 0 Å². The molecule has 2 rings (SSSR count). The van der Waals surface area contributed by atoms with E-state index in [9.17, 15) is 18.4 Å². The number of halogens is 2. The van der Waals surface area contributed by atoms with E-state index in [4.69, 9.17) is 10.9 Å². The van der Waals surface area contributed by atoms with Crippen LogP contribution in [0.15, 0.2) is 48.5 Å². The normalized spacial score (nSPS) is 12.8. The smallest absolute Gasteiger partial charge is 0.268 e. The van der Waals surface area contributed by atoms with E-state index >= 15 is 0 Å². The van der Waals surface area contributed by atoms with Gasteiger partial charge in [-0.25, -0.2) is 14.3 Å². The fourth-order valence-electron chi connectivity index (χ4n) is 2.66. The van der Waals surface area contributed by atoms with E-state index in [2.05, 4.69) is 29.0 Å². The van der Waals surface area contributed by atoms with Gasteiger partial charge in [0.25, 0.3) is 18.2 Å². The first-order valence-corrected chi connectivity index (χ1v) is 9.77. The number of hydroxylamine groups is 1. The molecule has 0 fully saturated rings. The Morgan fingerprint density at radius 1 is 1.00 bits per heavy atom. The Labute approximate surface area is 190 Å². The number of rotatable bonds is 6. The van der Waals surface area contributed by atoms with Crippen LogP contribution in [0.4, 0.5) is 14.5 Å². The molecule has 0 aliphatic rings. The molecule has 2 aromatic carbocycles. The molecule has 0 radical (unpaired) electrons. The number of nitrogens with two attached hydrogens (primary N) is 1. The number of anilines is 1. The number of nitrogens with zero attached hydrogens (tertiary/aromatic N) is 1. The summed E-state index contributed by atoms with van der Waals surface area (Å²) in [6.45, 7) is 0.897. The second-order valence-corrected chi connectivity index (χ2v) is 7.57. The zero-order valence-corrected chi connectivity index (χ0v) is 18.3. The van der Waals surface area contributed by atoms with Gasteiger partial charge >= 0.3 is 0 Å². The van der Waals surface area contributed by atoms with Gasteiger partial charge in [0.15, 0.2) is 0 Å². The molecular formula is C24H24F2N4O3. The quantitative estimate of drug-likeness (QED) is 0.302. The van der Waals surface area contributed by atoms with E-state index < -0.39 is 29.8 Å². The molecule has 0 aliphatic heterocycles. The Bertz CT molecular complexity index is 1110. The van der Waals surface area contributed by atoms with Crippen molar-refractivity contribution in [1.29, 1.82) is 0 Å². The molecular weight excluding hydrogens is 430 g/mol. The molecule has 2 atom stereocenters.